The number of hydrogen-bond acceptors (Lipinski definition) is 3. The third kappa shape index (κ3) is 4.50. The summed E-state index contributed by atoms with van der Waals surface area (Å²) in [6.07, 6.45) is 5.89. The van der Waals surface area contributed by atoms with E-state index in [-0.39, 0.29) is 17.9 Å². The first kappa shape index (κ1) is 20.5. The summed E-state index contributed by atoms with van der Waals surface area (Å²) in [7, 11) is 1.67. The molecule has 158 valence electrons. The Labute approximate surface area is 178 Å². The topological polar surface area (TPSA) is 49.9 Å². The van der Waals surface area contributed by atoms with Gasteiger partial charge in [0.2, 0.25) is 5.91 Å². The molecule has 0 radical (unpaired) electrons. The van der Waals surface area contributed by atoms with Crippen LogP contribution < -0.4 is 4.74 Å². The zero-order chi connectivity index (χ0) is 20.9. The Morgan fingerprint density at radius 3 is 2.40 bits per heavy atom. The molecule has 0 bridgehead atoms. The zero-order valence-electron chi connectivity index (χ0n) is 17.7. The zero-order valence-corrected chi connectivity index (χ0v) is 17.7. The van der Waals surface area contributed by atoms with E-state index in [2.05, 4.69) is 12.1 Å². The van der Waals surface area contributed by atoms with E-state index in [1.165, 1.54) is 0 Å². The lowest BCUT2D eigenvalue weighted by molar-refractivity contribution is -0.128. The minimum absolute atomic E-state index is 0.0847. The number of likely N-dealkylation sites (tertiary alicyclic amines) is 2. The summed E-state index contributed by atoms with van der Waals surface area (Å²) < 4.78 is 5.29. The Balaban J connectivity index is 1.50. The molecule has 2 saturated heterocycles. The highest BCUT2D eigenvalue weighted by molar-refractivity contribution is 5.94. The van der Waals surface area contributed by atoms with Crippen molar-refractivity contribution >= 4 is 11.8 Å². The normalized spacial score (nSPS) is 19.6. The predicted octanol–water partition coefficient (Wildman–Crippen LogP) is 4.58. The van der Waals surface area contributed by atoms with Crippen molar-refractivity contribution in [1.82, 2.24) is 9.80 Å². The van der Waals surface area contributed by atoms with Gasteiger partial charge in [0, 0.05) is 31.6 Å². The number of rotatable bonds is 5. The molecule has 2 fully saturated rings. The summed E-state index contributed by atoms with van der Waals surface area (Å²) in [6, 6.07) is 16.0. The van der Waals surface area contributed by atoms with Crippen LogP contribution in [-0.4, -0.2) is 41.8 Å². The fourth-order valence-electron chi connectivity index (χ4n) is 4.53. The molecule has 0 aromatic heterocycles. The van der Waals surface area contributed by atoms with Crippen LogP contribution in [0.15, 0.2) is 48.5 Å². The third-order valence-electron chi connectivity index (χ3n) is 6.26. The molecule has 30 heavy (non-hydrogen) atoms. The second-order valence-electron chi connectivity index (χ2n) is 8.25. The molecule has 5 heteroatoms. The van der Waals surface area contributed by atoms with Crippen molar-refractivity contribution in [2.45, 2.75) is 51.1 Å². The van der Waals surface area contributed by atoms with Gasteiger partial charge >= 0.3 is 0 Å². The van der Waals surface area contributed by atoms with Crippen molar-refractivity contribution in [3.8, 4) is 5.75 Å². The highest BCUT2D eigenvalue weighted by atomic mass is 16.5. The Morgan fingerprint density at radius 2 is 1.73 bits per heavy atom. The molecule has 2 aromatic rings. The molecular formula is C25H30N2O3. The minimum Gasteiger partial charge on any atom is -0.497 e. The minimum atomic E-state index is 0.0847. The van der Waals surface area contributed by atoms with E-state index in [0.717, 1.165) is 62.1 Å². The quantitative estimate of drug-likeness (QED) is 0.731. The lowest BCUT2D eigenvalue weighted by Crippen LogP contribution is -2.34. The van der Waals surface area contributed by atoms with E-state index in [4.69, 9.17) is 4.74 Å². The van der Waals surface area contributed by atoms with Gasteiger partial charge in [0.25, 0.3) is 5.91 Å². The summed E-state index contributed by atoms with van der Waals surface area (Å²) in [5.41, 5.74) is 2.95. The van der Waals surface area contributed by atoms with Crippen LogP contribution in [0.2, 0.25) is 0 Å². The maximum atomic E-state index is 13.4. The number of methoxy groups -OCH3 is 1. The second kappa shape index (κ2) is 9.33. The van der Waals surface area contributed by atoms with E-state index >= 15 is 0 Å². The van der Waals surface area contributed by atoms with Crippen LogP contribution in [0.4, 0.5) is 0 Å². The fourth-order valence-corrected chi connectivity index (χ4v) is 4.53. The Morgan fingerprint density at radius 1 is 0.967 bits per heavy atom. The Hall–Kier alpha value is -2.82. The van der Waals surface area contributed by atoms with Crippen molar-refractivity contribution < 1.29 is 14.3 Å². The molecule has 2 aliphatic rings. The van der Waals surface area contributed by atoms with Crippen molar-refractivity contribution in [1.29, 1.82) is 0 Å². The molecule has 1 unspecified atom stereocenters. The lowest BCUT2D eigenvalue weighted by atomic mass is 9.99. The van der Waals surface area contributed by atoms with Crippen LogP contribution in [0, 0.1) is 0 Å². The lowest BCUT2D eigenvalue weighted by Gasteiger charge is -2.31. The second-order valence-corrected chi connectivity index (χ2v) is 8.25. The van der Waals surface area contributed by atoms with Crippen molar-refractivity contribution in [2.24, 2.45) is 0 Å². The highest BCUT2D eigenvalue weighted by Crippen LogP contribution is 2.32. The van der Waals surface area contributed by atoms with Gasteiger partial charge in [-0.05, 0) is 54.7 Å². The average molecular weight is 407 g/mol. The SMILES string of the molecule is COc1ccc(C2CCCCCN2C(=O)c2ccc(CN3CCCC3=O)cc2)cc1. The number of carbonyl (C=O) groups is 2. The molecule has 0 spiro atoms. The number of ether oxygens (including phenoxy) is 1. The highest BCUT2D eigenvalue weighted by Gasteiger charge is 2.28. The molecule has 0 aliphatic carbocycles. The summed E-state index contributed by atoms with van der Waals surface area (Å²) in [6.45, 7) is 2.24. The molecule has 5 nitrogen and oxygen atoms in total. The molecule has 4 rings (SSSR count). The first-order chi connectivity index (χ1) is 14.7. The van der Waals surface area contributed by atoms with Crippen LogP contribution in [0.3, 0.4) is 0 Å². The fraction of sp³-hybridized carbons (Fsp3) is 0.440. The number of carbonyl (C=O) groups excluding carboxylic acids is 2. The van der Waals surface area contributed by atoms with Gasteiger partial charge in [-0.15, -0.1) is 0 Å². The number of nitrogens with zero attached hydrogens (tertiary/aromatic N) is 2. The molecule has 0 saturated carbocycles. The number of hydrogen-bond donors (Lipinski definition) is 0. The van der Waals surface area contributed by atoms with Gasteiger partial charge in [0.15, 0.2) is 0 Å². The average Bonchev–Trinajstić information content (AvgIpc) is 3.03. The Bertz CT molecular complexity index is 876. The van der Waals surface area contributed by atoms with Gasteiger partial charge in [0.05, 0.1) is 13.2 Å². The first-order valence-corrected chi connectivity index (χ1v) is 11.0. The molecule has 0 N–H and O–H groups in total. The molecule has 2 aliphatic heterocycles. The van der Waals surface area contributed by atoms with E-state index in [0.29, 0.717) is 18.5 Å². The van der Waals surface area contributed by atoms with Crippen LogP contribution in [0.5, 0.6) is 5.75 Å². The van der Waals surface area contributed by atoms with Gasteiger partial charge in [-0.25, -0.2) is 0 Å². The van der Waals surface area contributed by atoms with Crippen molar-refractivity contribution in [3.05, 3.63) is 65.2 Å². The van der Waals surface area contributed by atoms with Crippen molar-refractivity contribution in [2.75, 3.05) is 20.2 Å². The van der Waals surface area contributed by atoms with Gasteiger partial charge < -0.3 is 14.5 Å². The summed E-state index contributed by atoms with van der Waals surface area (Å²) in [5.74, 6) is 1.14. The molecule has 2 aromatic carbocycles. The summed E-state index contributed by atoms with van der Waals surface area (Å²) >= 11 is 0. The number of amides is 2. The number of benzene rings is 2. The van der Waals surface area contributed by atoms with Gasteiger partial charge in [-0.1, -0.05) is 37.1 Å². The molecule has 2 amide bonds. The molecular weight excluding hydrogens is 376 g/mol. The predicted molar refractivity (Wildman–Crippen MR) is 116 cm³/mol. The van der Waals surface area contributed by atoms with Crippen LogP contribution in [0.1, 0.15) is 66.1 Å². The third-order valence-corrected chi connectivity index (χ3v) is 6.26. The van der Waals surface area contributed by atoms with E-state index < -0.39 is 0 Å². The van der Waals surface area contributed by atoms with Crippen LogP contribution >= 0.6 is 0 Å². The largest absolute Gasteiger partial charge is 0.497 e. The van der Waals surface area contributed by atoms with Gasteiger partial charge in [0.1, 0.15) is 5.75 Å². The van der Waals surface area contributed by atoms with E-state index in [1.54, 1.807) is 7.11 Å². The maximum Gasteiger partial charge on any atom is 0.254 e. The van der Waals surface area contributed by atoms with E-state index in [9.17, 15) is 9.59 Å². The standard InChI is InChI=1S/C25H30N2O3/c1-30-22-14-12-20(13-15-22)23-6-3-2-4-17-27(23)25(29)21-10-8-19(9-11-21)18-26-16-5-7-24(26)28/h8-15,23H,2-7,16-18H2,1H3. The summed E-state index contributed by atoms with van der Waals surface area (Å²) in [4.78, 5) is 29.2. The van der Waals surface area contributed by atoms with Crippen LogP contribution in [-0.2, 0) is 11.3 Å². The monoisotopic (exact) mass is 406 g/mol. The van der Waals surface area contributed by atoms with E-state index in [1.807, 2.05) is 46.2 Å². The smallest absolute Gasteiger partial charge is 0.254 e. The maximum absolute atomic E-state index is 13.4. The van der Waals surface area contributed by atoms with Crippen LogP contribution in [0.25, 0.3) is 0 Å². The molecule has 1 atom stereocenters. The Kier molecular flexibility index (Phi) is 6.36. The van der Waals surface area contributed by atoms with Gasteiger partial charge in [-0.2, -0.15) is 0 Å². The summed E-state index contributed by atoms with van der Waals surface area (Å²) in [5, 5.41) is 0. The van der Waals surface area contributed by atoms with Crippen molar-refractivity contribution in [3.63, 3.8) is 0 Å². The van der Waals surface area contributed by atoms with Gasteiger partial charge in [-0.3, -0.25) is 9.59 Å². The molecule has 2 heterocycles. The first-order valence-electron chi connectivity index (χ1n) is 11.0.